The van der Waals surface area contributed by atoms with Crippen molar-refractivity contribution in [1.29, 1.82) is 0 Å². The van der Waals surface area contributed by atoms with Crippen molar-refractivity contribution in [3.8, 4) is 5.75 Å². The highest BCUT2D eigenvalue weighted by molar-refractivity contribution is 5.99. The lowest BCUT2D eigenvalue weighted by Crippen LogP contribution is -2.19. The number of carbonyl (C=O) groups is 1. The lowest BCUT2D eigenvalue weighted by molar-refractivity contribution is 0.0970. The SMILES string of the molecule is O=C1CCCc2c(OC3C=CCCC3)cccc21. The van der Waals surface area contributed by atoms with Crippen molar-refractivity contribution in [3.63, 3.8) is 0 Å². The van der Waals surface area contributed by atoms with Crippen LogP contribution in [0.2, 0.25) is 0 Å². The Balaban J connectivity index is 1.88. The number of ether oxygens (including phenoxy) is 1. The zero-order valence-electron chi connectivity index (χ0n) is 10.5. The highest BCUT2D eigenvalue weighted by Gasteiger charge is 2.21. The number of rotatable bonds is 2. The van der Waals surface area contributed by atoms with E-state index >= 15 is 0 Å². The quantitative estimate of drug-likeness (QED) is 0.739. The highest BCUT2D eigenvalue weighted by atomic mass is 16.5. The van der Waals surface area contributed by atoms with Crippen LogP contribution >= 0.6 is 0 Å². The van der Waals surface area contributed by atoms with E-state index in [2.05, 4.69) is 12.2 Å². The van der Waals surface area contributed by atoms with Crippen molar-refractivity contribution < 1.29 is 9.53 Å². The summed E-state index contributed by atoms with van der Waals surface area (Å²) in [5, 5.41) is 0. The summed E-state index contributed by atoms with van der Waals surface area (Å²) < 4.78 is 6.06. The van der Waals surface area contributed by atoms with Gasteiger partial charge in [-0.3, -0.25) is 4.79 Å². The molecule has 0 N–H and O–H groups in total. The molecule has 0 aromatic heterocycles. The van der Waals surface area contributed by atoms with Gasteiger partial charge in [0.1, 0.15) is 11.9 Å². The second-order valence-electron chi connectivity index (χ2n) is 5.07. The second-order valence-corrected chi connectivity index (χ2v) is 5.07. The molecule has 0 saturated heterocycles. The monoisotopic (exact) mass is 242 g/mol. The van der Waals surface area contributed by atoms with Crippen LogP contribution in [0.5, 0.6) is 5.75 Å². The molecule has 0 bridgehead atoms. The molecular weight excluding hydrogens is 224 g/mol. The Morgan fingerprint density at radius 1 is 1.17 bits per heavy atom. The summed E-state index contributed by atoms with van der Waals surface area (Å²) in [6.07, 6.45) is 10.5. The third-order valence-electron chi connectivity index (χ3n) is 3.75. The second kappa shape index (κ2) is 4.97. The molecule has 0 spiro atoms. The van der Waals surface area contributed by atoms with Gasteiger partial charge < -0.3 is 4.74 Å². The molecule has 18 heavy (non-hydrogen) atoms. The van der Waals surface area contributed by atoms with Crippen LogP contribution in [0.15, 0.2) is 30.4 Å². The number of benzene rings is 1. The fourth-order valence-corrected chi connectivity index (χ4v) is 2.80. The first-order chi connectivity index (χ1) is 8.84. The molecule has 2 aliphatic rings. The molecule has 1 aromatic rings. The highest BCUT2D eigenvalue weighted by Crippen LogP contribution is 2.31. The molecule has 0 heterocycles. The van der Waals surface area contributed by atoms with Crippen molar-refractivity contribution in [3.05, 3.63) is 41.5 Å². The summed E-state index contributed by atoms with van der Waals surface area (Å²) in [6.45, 7) is 0. The van der Waals surface area contributed by atoms with Crippen molar-refractivity contribution >= 4 is 5.78 Å². The average molecular weight is 242 g/mol. The van der Waals surface area contributed by atoms with Gasteiger partial charge in [0.15, 0.2) is 5.78 Å². The average Bonchev–Trinajstić information content (AvgIpc) is 2.41. The molecule has 0 fully saturated rings. The first kappa shape index (κ1) is 11.5. The number of carbonyl (C=O) groups excluding carboxylic acids is 1. The van der Waals surface area contributed by atoms with Gasteiger partial charge in [0, 0.05) is 17.5 Å². The lowest BCUT2D eigenvalue weighted by atomic mass is 9.90. The number of ketones is 1. The Bertz CT molecular complexity index is 488. The molecule has 94 valence electrons. The maximum Gasteiger partial charge on any atom is 0.163 e. The van der Waals surface area contributed by atoms with Crippen LogP contribution in [0, 0.1) is 0 Å². The van der Waals surface area contributed by atoms with Gasteiger partial charge in [-0.2, -0.15) is 0 Å². The minimum absolute atomic E-state index is 0.183. The maximum absolute atomic E-state index is 11.9. The molecule has 2 nitrogen and oxygen atoms in total. The zero-order chi connectivity index (χ0) is 12.4. The van der Waals surface area contributed by atoms with E-state index in [0.29, 0.717) is 6.42 Å². The Morgan fingerprint density at radius 3 is 2.94 bits per heavy atom. The lowest BCUT2D eigenvalue weighted by Gasteiger charge is -2.23. The number of Topliss-reactive ketones (excluding diaryl/α,β-unsaturated/α-hetero) is 1. The van der Waals surface area contributed by atoms with Gasteiger partial charge in [0.2, 0.25) is 0 Å². The van der Waals surface area contributed by atoms with Gasteiger partial charge in [-0.05, 0) is 44.2 Å². The van der Waals surface area contributed by atoms with Crippen molar-refractivity contribution in [2.24, 2.45) is 0 Å². The Morgan fingerprint density at radius 2 is 2.11 bits per heavy atom. The van der Waals surface area contributed by atoms with Crippen LogP contribution < -0.4 is 4.74 Å². The molecule has 0 saturated carbocycles. The minimum atomic E-state index is 0.183. The van der Waals surface area contributed by atoms with E-state index in [1.807, 2.05) is 18.2 Å². The molecule has 0 radical (unpaired) electrons. The Labute approximate surface area is 108 Å². The maximum atomic E-state index is 11.9. The summed E-state index contributed by atoms with van der Waals surface area (Å²) in [7, 11) is 0. The number of hydrogen-bond donors (Lipinski definition) is 0. The molecule has 0 amide bonds. The molecule has 3 rings (SSSR count). The third kappa shape index (κ3) is 2.20. The van der Waals surface area contributed by atoms with Crippen LogP contribution in [0.4, 0.5) is 0 Å². The summed E-state index contributed by atoms with van der Waals surface area (Å²) in [5.41, 5.74) is 1.99. The summed E-state index contributed by atoms with van der Waals surface area (Å²) in [6, 6.07) is 5.87. The first-order valence-electron chi connectivity index (χ1n) is 6.83. The van der Waals surface area contributed by atoms with E-state index in [4.69, 9.17) is 4.74 Å². The molecular formula is C16H18O2. The molecule has 0 aliphatic heterocycles. The van der Waals surface area contributed by atoms with Gasteiger partial charge in [-0.15, -0.1) is 0 Å². The van der Waals surface area contributed by atoms with Crippen LogP contribution in [-0.2, 0) is 6.42 Å². The largest absolute Gasteiger partial charge is 0.486 e. The van der Waals surface area contributed by atoms with E-state index in [-0.39, 0.29) is 11.9 Å². The molecule has 2 heteroatoms. The smallest absolute Gasteiger partial charge is 0.163 e. The van der Waals surface area contributed by atoms with E-state index in [1.54, 1.807) is 0 Å². The third-order valence-corrected chi connectivity index (χ3v) is 3.75. The molecule has 2 aliphatic carbocycles. The van der Waals surface area contributed by atoms with Crippen molar-refractivity contribution in [1.82, 2.24) is 0 Å². The van der Waals surface area contributed by atoms with Gasteiger partial charge in [-0.25, -0.2) is 0 Å². The van der Waals surface area contributed by atoms with Crippen molar-refractivity contribution in [2.75, 3.05) is 0 Å². The first-order valence-corrected chi connectivity index (χ1v) is 6.83. The fourth-order valence-electron chi connectivity index (χ4n) is 2.80. The number of allylic oxidation sites excluding steroid dienone is 1. The van der Waals surface area contributed by atoms with E-state index in [1.165, 1.54) is 6.42 Å². The minimum Gasteiger partial charge on any atom is -0.486 e. The van der Waals surface area contributed by atoms with Crippen LogP contribution in [0.25, 0.3) is 0 Å². The van der Waals surface area contributed by atoms with Gasteiger partial charge >= 0.3 is 0 Å². The summed E-state index contributed by atoms with van der Waals surface area (Å²) >= 11 is 0. The molecule has 1 atom stereocenters. The number of fused-ring (bicyclic) bond motifs is 1. The Hall–Kier alpha value is -1.57. The van der Waals surface area contributed by atoms with E-state index < -0.39 is 0 Å². The van der Waals surface area contributed by atoms with Crippen LogP contribution in [0.1, 0.15) is 48.0 Å². The number of hydrogen-bond acceptors (Lipinski definition) is 2. The predicted octanol–water partition coefficient (Wildman–Crippen LogP) is 3.69. The predicted molar refractivity (Wildman–Crippen MR) is 71.1 cm³/mol. The van der Waals surface area contributed by atoms with Gasteiger partial charge in [-0.1, -0.05) is 18.2 Å². The molecule has 1 unspecified atom stereocenters. The standard InChI is InChI=1S/C16H18O2/c17-15-10-4-9-14-13(15)8-5-11-16(14)18-12-6-2-1-3-7-12/h2,5-6,8,11-12H,1,3-4,7,9-10H2. The molecule has 1 aromatic carbocycles. The van der Waals surface area contributed by atoms with Crippen molar-refractivity contribution in [2.45, 2.75) is 44.6 Å². The van der Waals surface area contributed by atoms with Gasteiger partial charge in [0.05, 0.1) is 0 Å². The normalized spacial score (nSPS) is 22.7. The Kier molecular flexibility index (Phi) is 3.18. The van der Waals surface area contributed by atoms with Crippen LogP contribution in [0.3, 0.4) is 0 Å². The summed E-state index contributed by atoms with van der Waals surface area (Å²) in [5.74, 6) is 1.18. The fraction of sp³-hybridized carbons (Fsp3) is 0.438. The summed E-state index contributed by atoms with van der Waals surface area (Å²) in [4.78, 5) is 11.9. The topological polar surface area (TPSA) is 26.3 Å². The van der Waals surface area contributed by atoms with Crippen LogP contribution in [-0.4, -0.2) is 11.9 Å². The van der Waals surface area contributed by atoms with Gasteiger partial charge in [0.25, 0.3) is 0 Å². The van der Waals surface area contributed by atoms with E-state index in [9.17, 15) is 4.79 Å². The zero-order valence-corrected chi connectivity index (χ0v) is 10.5. The van der Waals surface area contributed by atoms with E-state index in [0.717, 1.165) is 42.6 Å².